The third kappa shape index (κ3) is 1.78. The maximum atomic E-state index is 10.3. The van der Waals surface area contributed by atoms with E-state index in [1.807, 2.05) is 0 Å². The summed E-state index contributed by atoms with van der Waals surface area (Å²) in [6.07, 6.45) is -1.56. The molecule has 0 aromatic rings. The molecule has 0 aliphatic heterocycles. The van der Waals surface area contributed by atoms with Crippen molar-refractivity contribution >= 4 is 18.0 Å². The zero-order valence-corrected chi connectivity index (χ0v) is 3.24. The number of carbonyl (C=O) groups excluding carboxylic acids is 1. The van der Waals surface area contributed by atoms with Crippen molar-refractivity contribution in [3.05, 3.63) is 0 Å². The molecule has 5 heteroatoms. The minimum absolute atomic E-state index is 1.56. The summed E-state index contributed by atoms with van der Waals surface area (Å²) in [4.78, 5) is 11.6. The molecule has 0 aromatic carbocycles. The Morgan fingerprint density at radius 1 is 1.83 bits per heavy atom. The van der Waals surface area contributed by atoms with E-state index in [0.717, 1.165) is 0 Å². The third-order valence-corrected chi connectivity index (χ3v) is 0.252. The lowest BCUT2D eigenvalue weighted by atomic mass is 11.5. The molecular formula is CClFO3. The highest BCUT2D eigenvalue weighted by atomic mass is 35.5. The Bertz CT molecular complexity index is 48.8. The number of halogens is 2. The van der Waals surface area contributed by atoms with Gasteiger partial charge in [-0.05, 0) is 0 Å². The standard InChI is InChI=1S/CClFO3/c2-5-1(4)6-3. The topological polar surface area (TPSA) is 35.5 Å². The fourth-order valence-electron chi connectivity index (χ4n) is 0.0119. The zero-order chi connectivity index (χ0) is 4.99. The first kappa shape index (κ1) is 5.49. The summed E-state index contributed by atoms with van der Waals surface area (Å²) >= 11 is 4.24. The van der Waals surface area contributed by atoms with Crippen LogP contribution in [0, 0.1) is 0 Å². The quantitative estimate of drug-likeness (QED) is 0.474. The Labute approximate surface area is 37.7 Å². The summed E-state index contributed by atoms with van der Waals surface area (Å²) in [6.45, 7) is 0. The molecule has 0 unspecified atom stereocenters. The summed E-state index contributed by atoms with van der Waals surface area (Å²) in [5.74, 6) is 0. The summed E-state index contributed by atoms with van der Waals surface area (Å²) in [7, 11) is 0. The van der Waals surface area contributed by atoms with Crippen LogP contribution in [0.2, 0.25) is 0 Å². The van der Waals surface area contributed by atoms with Gasteiger partial charge in [-0.2, -0.15) is 4.79 Å². The van der Waals surface area contributed by atoms with Crippen LogP contribution in [-0.4, -0.2) is 6.16 Å². The smallest absolute Gasteiger partial charge is 0.313 e. The Balaban J connectivity index is 2.99. The molecule has 0 saturated heterocycles. The molecule has 0 bridgehead atoms. The summed E-state index contributed by atoms with van der Waals surface area (Å²) in [5.41, 5.74) is 0. The monoisotopic (exact) mass is 114 g/mol. The summed E-state index contributed by atoms with van der Waals surface area (Å²) < 4.78 is 13.5. The Morgan fingerprint density at radius 3 is 2.33 bits per heavy atom. The van der Waals surface area contributed by atoms with Gasteiger partial charge in [0, 0.05) is 4.53 Å². The average Bonchev–Trinajstić information content (AvgIpc) is 1.65. The van der Waals surface area contributed by atoms with Crippen LogP contribution in [0.15, 0.2) is 0 Å². The molecule has 0 aliphatic rings. The van der Waals surface area contributed by atoms with Crippen LogP contribution >= 0.6 is 11.9 Å². The van der Waals surface area contributed by atoms with Gasteiger partial charge in [0.15, 0.2) is 0 Å². The van der Waals surface area contributed by atoms with Crippen LogP contribution in [0.5, 0.6) is 0 Å². The summed E-state index contributed by atoms with van der Waals surface area (Å²) in [5, 5.41) is 0. The van der Waals surface area contributed by atoms with E-state index in [-0.39, 0.29) is 0 Å². The molecule has 0 amide bonds. The minimum atomic E-state index is -1.56. The van der Waals surface area contributed by atoms with Crippen molar-refractivity contribution in [3.63, 3.8) is 0 Å². The maximum absolute atomic E-state index is 10.3. The van der Waals surface area contributed by atoms with Crippen molar-refractivity contribution < 1.29 is 18.6 Å². The normalized spacial score (nSPS) is 7.00. The molecule has 0 N–H and O–H groups in total. The third-order valence-electron chi connectivity index (χ3n) is 0.126. The van der Waals surface area contributed by atoms with Crippen molar-refractivity contribution in [2.24, 2.45) is 0 Å². The van der Waals surface area contributed by atoms with E-state index in [4.69, 9.17) is 0 Å². The van der Waals surface area contributed by atoms with Gasteiger partial charge < -0.3 is 4.29 Å². The molecule has 0 radical (unpaired) electrons. The van der Waals surface area contributed by atoms with Gasteiger partial charge in [0.25, 0.3) is 0 Å². The van der Waals surface area contributed by atoms with Crippen LogP contribution in [0.3, 0.4) is 0 Å². The second kappa shape index (κ2) is 2.71. The van der Waals surface area contributed by atoms with Crippen LogP contribution < -0.4 is 0 Å². The fourth-order valence-corrected chi connectivity index (χ4v) is 0.0357. The largest absolute Gasteiger partial charge is 0.563 e. The highest BCUT2D eigenvalue weighted by molar-refractivity contribution is 6.12. The SMILES string of the molecule is O=C(OF)OCl. The molecule has 36 valence electrons. The van der Waals surface area contributed by atoms with Gasteiger partial charge in [-0.1, -0.05) is 0 Å². The molecule has 0 heterocycles. The van der Waals surface area contributed by atoms with E-state index in [0.29, 0.717) is 0 Å². The first-order valence-electron chi connectivity index (χ1n) is 0.921. The van der Waals surface area contributed by atoms with Gasteiger partial charge in [-0.15, -0.1) is 0 Å². The lowest BCUT2D eigenvalue weighted by Crippen LogP contribution is -1.90. The fraction of sp³-hybridized carbons (Fsp3) is 0. The Morgan fingerprint density at radius 2 is 2.33 bits per heavy atom. The Hall–Kier alpha value is -0.510. The van der Waals surface area contributed by atoms with E-state index in [2.05, 4.69) is 21.1 Å². The molecule has 0 spiro atoms. The molecule has 0 rings (SSSR count). The number of rotatable bonds is 0. The van der Waals surface area contributed by atoms with Crippen molar-refractivity contribution in [3.8, 4) is 0 Å². The molecule has 0 aromatic heterocycles. The van der Waals surface area contributed by atoms with Gasteiger partial charge in [0.05, 0.1) is 0 Å². The first-order valence-corrected chi connectivity index (χ1v) is 1.23. The van der Waals surface area contributed by atoms with Crippen LogP contribution in [0.1, 0.15) is 0 Å². The number of hydrogen-bond donors (Lipinski definition) is 0. The second-order valence-electron chi connectivity index (χ2n) is 0.404. The van der Waals surface area contributed by atoms with Gasteiger partial charge in [-0.25, -0.2) is 4.94 Å². The van der Waals surface area contributed by atoms with Gasteiger partial charge >= 0.3 is 6.16 Å². The van der Waals surface area contributed by atoms with Gasteiger partial charge in [0.2, 0.25) is 0 Å². The minimum Gasteiger partial charge on any atom is -0.313 e. The first-order chi connectivity index (χ1) is 2.81. The predicted molar refractivity (Wildman–Crippen MR) is 14.5 cm³/mol. The van der Waals surface area contributed by atoms with Crippen LogP contribution in [0.25, 0.3) is 0 Å². The molecule has 0 saturated carbocycles. The van der Waals surface area contributed by atoms with E-state index >= 15 is 0 Å². The molecular weight excluding hydrogens is 114 g/mol. The van der Waals surface area contributed by atoms with Crippen molar-refractivity contribution in [1.29, 1.82) is 0 Å². The molecule has 3 nitrogen and oxygen atoms in total. The summed E-state index contributed by atoms with van der Waals surface area (Å²) in [6, 6.07) is 0. The number of carbonyl (C=O) groups is 1. The average molecular weight is 114 g/mol. The highest BCUT2D eigenvalue weighted by Gasteiger charge is 1.97. The second-order valence-corrected chi connectivity index (χ2v) is 0.559. The predicted octanol–water partition coefficient (Wildman–Crippen LogP) is 1.18. The maximum Gasteiger partial charge on any atom is 0.563 e. The lowest BCUT2D eigenvalue weighted by molar-refractivity contribution is -0.0832. The molecule has 0 fully saturated rings. The van der Waals surface area contributed by atoms with Crippen LogP contribution in [-0.2, 0) is 9.23 Å². The van der Waals surface area contributed by atoms with E-state index in [1.165, 1.54) is 0 Å². The Kier molecular flexibility index (Phi) is 2.48. The molecule has 0 atom stereocenters. The van der Waals surface area contributed by atoms with E-state index in [9.17, 15) is 9.32 Å². The van der Waals surface area contributed by atoms with Crippen molar-refractivity contribution in [2.75, 3.05) is 0 Å². The zero-order valence-electron chi connectivity index (χ0n) is 2.48. The van der Waals surface area contributed by atoms with E-state index < -0.39 is 6.16 Å². The van der Waals surface area contributed by atoms with Crippen LogP contribution in [0.4, 0.5) is 9.32 Å². The van der Waals surface area contributed by atoms with Crippen molar-refractivity contribution in [1.82, 2.24) is 0 Å². The van der Waals surface area contributed by atoms with E-state index in [1.54, 1.807) is 0 Å². The molecule has 6 heavy (non-hydrogen) atoms. The van der Waals surface area contributed by atoms with Gasteiger partial charge in [0.1, 0.15) is 11.9 Å². The lowest BCUT2D eigenvalue weighted by Gasteiger charge is -1.78. The molecule has 0 aliphatic carbocycles. The highest BCUT2D eigenvalue weighted by Crippen LogP contribution is 1.85. The number of hydrogen-bond acceptors (Lipinski definition) is 3. The van der Waals surface area contributed by atoms with Crippen molar-refractivity contribution in [2.45, 2.75) is 0 Å². The van der Waals surface area contributed by atoms with Gasteiger partial charge in [-0.3, -0.25) is 0 Å².